The molecule has 1 aromatic carbocycles. The molecule has 8 nitrogen and oxygen atoms in total. The lowest BCUT2D eigenvalue weighted by Crippen LogP contribution is -2.28. The first kappa shape index (κ1) is 18.3. The third-order valence-electron chi connectivity index (χ3n) is 5.12. The Hall–Kier alpha value is -3.07. The molecule has 4 rings (SSSR count). The third kappa shape index (κ3) is 2.88. The first-order chi connectivity index (χ1) is 13.4. The van der Waals surface area contributed by atoms with Gasteiger partial charge < -0.3 is 5.32 Å². The van der Waals surface area contributed by atoms with Crippen LogP contribution < -0.4 is 10.9 Å². The smallest absolute Gasteiger partial charge is 0.274 e. The second-order valence-electron chi connectivity index (χ2n) is 6.84. The van der Waals surface area contributed by atoms with Crippen molar-refractivity contribution in [1.82, 2.24) is 9.55 Å². The lowest BCUT2D eigenvalue weighted by Gasteiger charge is -2.16. The molecule has 0 saturated carbocycles. The van der Waals surface area contributed by atoms with Crippen LogP contribution in [-0.4, -0.2) is 20.4 Å². The van der Waals surface area contributed by atoms with Crippen LogP contribution in [0.2, 0.25) is 0 Å². The van der Waals surface area contributed by atoms with E-state index in [2.05, 4.69) is 10.3 Å². The molecule has 0 bridgehead atoms. The van der Waals surface area contributed by atoms with Gasteiger partial charge in [-0.1, -0.05) is 6.07 Å². The number of nitrogens with zero attached hydrogens (tertiary/aromatic N) is 3. The Morgan fingerprint density at radius 3 is 2.82 bits per heavy atom. The molecule has 9 heteroatoms. The van der Waals surface area contributed by atoms with E-state index < -0.39 is 10.8 Å². The third-order valence-corrected chi connectivity index (χ3v) is 6.30. The van der Waals surface area contributed by atoms with Crippen molar-refractivity contribution >= 4 is 38.8 Å². The lowest BCUT2D eigenvalue weighted by atomic mass is 10.1. The van der Waals surface area contributed by atoms with Gasteiger partial charge in [0.2, 0.25) is 0 Å². The molecular formula is C19H18N4O4S. The van der Waals surface area contributed by atoms with E-state index in [-0.39, 0.29) is 11.2 Å². The van der Waals surface area contributed by atoms with E-state index in [1.54, 1.807) is 24.5 Å². The van der Waals surface area contributed by atoms with Crippen LogP contribution in [0.3, 0.4) is 0 Å². The summed E-state index contributed by atoms with van der Waals surface area (Å²) in [5.74, 6) is 0.373. The second-order valence-corrected chi connectivity index (χ2v) is 7.84. The number of benzene rings is 1. The summed E-state index contributed by atoms with van der Waals surface area (Å²) in [7, 11) is 0. The summed E-state index contributed by atoms with van der Waals surface area (Å²) in [4.78, 5) is 42.0. The molecule has 3 heterocycles. The van der Waals surface area contributed by atoms with E-state index in [1.165, 1.54) is 23.5 Å². The Morgan fingerprint density at radius 2 is 2.07 bits per heavy atom. The summed E-state index contributed by atoms with van der Waals surface area (Å²) in [6.07, 6.45) is 2.71. The Kier molecular flexibility index (Phi) is 4.46. The van der Waals surface area contributed by atoms with Gasteiger partial charge in [0.15, 0.2) is 0 Å². The number of thiophene rings is 1. The van der Waals surface area contributed by atoms with Crippen molar-refractivity contribution in [1.29, 1.82) is 0 Å². The molecule has 1 aliphatic rings. The molecule has 144 valence electrons. The predicted octanol–water partition coefficient (Wildman–Crippen LogP) is 3.57. The minimum atomic E-state index is -0.481. The fourth-order valence-corrected chi connectivity index (χ4v) is 4.67. The standard InChI is InChI=1S/C19H18N4O4S/c1-10-12(6-5-7-13(10)23(26)27)20-17(24)16-11(2)15-18(28-16)21-14-8-3-4-9-22(14)19(15)25/h5-7H,3-4,8-9H2,1-2H3,(H,20,24). The minimum Gasteiger partial charge on any atom is -0.321 e. The van der Waals surface area contributed by atoms with Crippen LogP contribution >= 0.6 is 11.3 Å². The molecule has 0 aliphatic carbocycles. The SMILES string of the molecule is Cc1c(NC(=O)c2sc3nc4n(c(=O)c3c2C)CCCC4)cccc1[N+](=O)[O-]. The van der Waals surface area contributed by atoms with Crippen molar-refractivity contribution in [3.05, 3.63) is 60.5 Å². The van der Waals surface area contributed by atoms with Crippen LogP contribution in [0.25, 0.3) is 10.2 Å². The van der Waals surface area contributed by atoms with Gasteiger partial charge in [-0.25, -0.2) is 4.98 Å². The monoisotopic (exact) mass is 398 g/mol. The van der Waals surface area contributed by atoms with E-state index in [0.717, 1.165) is 25.1 Å². The maximum Gasteiger partial charge on any atom is 0.274 e. The number of aromatic nitrogens is 2. The topological polar surface area (TPSA) is 107 Å². The number of carbonyl (C=O) groups is 1. The molecule has 2 aromatic heterocycles. The van der Waals surface area contributed by atoms with Gasteiger partial charge in [0.25, 0.3) is 17.2 Å². The summed E-state index contributed by atoms with van der Waals surface area (Å²) in [5.41, 5.74) is 1.20. The summed E-state index contributed by atoms with van der Waals surface area (Å²) >= 11 is 1.18. The molecule has 1 N–H and O–H groups in total. The number of carbonyl (C=O) groups excluding carboxylic acids is 1. The zero-order valence-electron chi connectivity index (χ0n) is 15.4. The molecule has 0 unspecified atom stereocenters. The lowest BCUT2D eigenvalue weighted by molar-refractivity contribution is -0.385. The molecule has 3 aromatic rings. The number of aryl methyl sites for hydroxylation is 2. The molecule has 0 spiro atoms. The van der Waals surface area contributed by atoms with Crippen LogP contribution in [0.1, 0.15) is 39.5 Å². The average Bonchev–Trinajstić information content (AvgIpc) is 3.00. The van der Waals surface area contributed by atoms with Crippen molar-refractivity contribution in [3.8, 4) is 0 Å². The van der Waals surface area contributed by atoms with Gasteiger partial charge in [-0.05, 0) is 38.3 Å². The van der Waals surface area contributed by atoms with Crippen LogP contribution in [0, 0.1) is 24.0 Å². The maximum atomic E-state index is 12.9. The molecule has 0 radical (unpaired) electrons. The summed E-state index contributed by atoms with van der Waals surface area (Å²) < 4.78 is 1.71. The number of nitro groups is 1. The van der Waals surface area contributed by atoms with Crippen molar-refractivity contribution in [2.45, 2.75) is 39.7 Å². The zero-order chi connectivity index (χ0) is 20.0. The van der Waals surface area contributed by atoms with Crippen molar-refractivity contribution in [2.75, 3.05) is 5.32 Å². The zero-order valence-corrected chi connectivity index (χ0v) is 16.3. The molecule has 0 atom stereocenters. The molecule has 0 saturated heterocycles. The number of rotatable bonds is 3. The average molecular weight is 398 g/mol. The molecular weight excluding hydrogens is 380 g/mol. The summed E-state index contributed by atoms with van der Waals surface area (Å²) in [5, 5.41) is 14.3. The van der Waals surface area contributed by atoms with Gasteiger partial charge in [0.1, 0.15) is 10.7 Å². The van der Waals surface area contributed by atoms with Gasteiger partial charge in [-0.2, -0.15) is 0 Å². The number of nitrogens with one attached hydrogen (secondary N) is 1. The van der Waals surface area contributed by atoms with Crippen LogP contribution in [0.15, 0.2) is 23.0 Å². The van der Waals surface area contributed by atoms with E-state index >= 15 is 0 Å². The van der Waals surface area contributed by atoms with Crippen LogP contribution in [0.5, 0.6) is 0 Å². The molecule has 1 aliphatic heterocycles. The number of hydrogen-bond donors (Lipinski definition) is 1. The molecule has 0 fully saturated rings. The van der Waals surface area contributed by atoms with E-state index in [9.17, 15) is 19.7 Å². The quantitative estimate of drug-likeness (QED) is 0.536. The Bertz CT molecular complexity index is 1190. The van der Waals surface area contributed by atoms with Crippen molar-refractivity contribution < 1.29 is 9.72 Å². The van der Waals surface area contributed by atoms with Crippen LogP contribution in [0.4, 0.5) is 11.4 Å². The highest BCUT2D eigenvalue weighted by Gasteiger charge is 2.23. The fourth-order valence-electron chi connectivity index (χ4n) is 3.59. The number of hydrogen-bond acceptors (Lipinski definition) is 6. The van der Waals surface area contributed by atoms with Crippen LogP contribution in [-0.2, 0) is 13.0 Å². The number of fused-ring (bicyclic) bond motifs is 2. The van der Waals surface area contributed by atoms with Gasteiger partial charge in [0.05, 0.1) is 26.4 Å². The van der Waals surface area contributed by atoms with E-state index in [4.69, 9.17) is 0 Å². The minimum absolute atomic E-state index is 0.0570. The Balaban J connectivity index is 1.76. The molecule has 28 heavy (non-hydrogen) atoms. The normalized spacial score (nSPS) is 13.4. The summed E-state index contributed by atoms with van der Waals surface area (Å²) in [6.45, 7) is 3.99. The Morgan fingerprint density at radius 1 is 1.29 bits per heavy atom. The highest BCUT2D eigenvalue weighted by Crippen LogP contribution is 2.30. The van der Waals surface area contributed by atoms with Gasteiger partial charge in [0, 0.05) is 19.0 Å². The first-order valence-electron chi connectivity index (χ1n) is 8.96. The maximum absolute atomic E-state index is 12.9. The highest BCUT2D eigenvalue weighted by atomic mass is 32.1. The van der Waals surface area contributed by atoms with Crippen molar-refractivity contribution in [2.24, 2.45) is 0 Å². The van der Waals surface area contributed by atoms with E-state index in [0.29, 0.717) is 38.5 Å². The fraction of sp³-hybridized carbons (Fsp3) is 0.316. The molecule has 1 amide bonds. The largest absolute Gasteiger partial charge is 0.321 e. The first-order valence-corrected chi connectivity index (χ1v) is 9.78. The number of amides is 1. The van der Waals surface area contributed by atoms with Gasteiger partial charge in [-0.3, -0.25) is 24.3 Å². The number of nitro benzene ring substituents is 1. The van der Waals surface area contributed by atoms with Gasteiger partial charge >= 0.3 is 0 Å². The predicted molar refractivity (Wildman–Crippen MR) is 107 cm³/mol. The summed E-state index contributed by atoms with van der Waals surface area (Å²) in [6, 6.07) is 4.54. The van der Waals surface area contributed by atoms with E-state index in [1.807, 2.05) is 0 Å². The second kappa shape index (κ2) is 6.83. The highest BCUT2D eigenvalue weighted by molar-refractivity contribution is 7.20. The van der Waals surface area contributed by atoms with Crippen molar-refractivity contribution in [3.63, 3.8) is 0 Å². The van der Waals surface area contributed by atoms with Gasteiger partial charge in [-0.15, -0.1) is 11.3 Å². The Labute approximate surface area is 164 Å². The number of anilines is 1.